The molecular formula is C19H17F3N4O4. The van der Waals surface area contributed by atoms with Gasteiger partial charge in [0.15, 0.2) is 5.75 Å². The number of aliphatic hydroxyl groups excluding tert-OH is 1. The van der Waals surface area contributed by atoms with Crippen molar-refractivity contribution in [2.24, 2.45) is 0 Å². The molecule has 3 aromatic rings. The van der Waals surface area contributed by atoms with E-state index in [1.54, 1.807) is 0 Å². The highest BCUT2D eigenvalue weighted by molar-refractivity contribution is 5.93. The maximum absolute atomic E-state index is 13.7. The quantitative estimate of drug-likeness (QED) is 0.597. The van der Waals surface area contributed by atoms with Gasteiger partial charge in [-0.3, -0.25) is 4.79 Å². The summed E-state index contributed by atoms with van der Waals surface area (Å²) in [6.07, 6.45) is 1.75. The molecule has 0 bridgehead atoms. The summed E-state index contributed by atoms with van der Waals surface area (Å²) in [5, 5.41) is 21.9. The molecule has 0 aromatic carbocycles. The van der Waals surface area contributed by atoms with Crippen LogP contribution in [0, 0.1) is 5.82 Å². The number of nitrogens with zero attached hydrogens (tertiary/aromatic N) is 3. The van der Waals surface area contributed by atoms with Crippen LogP contribution in [0.5, 0.6) is 17.4 Å². The molecule has 30 heavy (non-hydrogen) atoms. The van der Waals surface area contributed by atoms with Gasteiger partial charge >= 0.3 is 0 Å². The number of aromatic hydroxyl groups is 1. The minimum atomic E-state index is -3.25. The van der Waals surface area contributed by atoms with E-state index in [0.717, 1.165) is 12.3 Å². The number of carbonyl (C=O) groups excluding carboxylic acids is 1. The van der Waals surface area contributed by atoms with Gasteiger partial charge in [-0.05, 0) is 25.0 Å². The number of carbonyl (C=O) groups is 1. The molecule has 3 aromatic heterocycles. The van der Waals surface area contributed by atoms with Crippen LogP contribution in [0.25, 0.3) is 5.65 Å². The van der Waals surface area contributed by atoms with Crippen molar-refractivity contribution in [2.45, 2.75) is 37.3 Å². The Hall–Kier alpha value is -3.34. The predicted molar refractivity (Wildman–Crippen MR) is 97.2 cm³/mol. The average Bonchev–Trinajstić information content (AvgIpc) is 3.11. The predicted octanol–water partition coefficient (Wildman–Crippen LogP) is 2.64. The average molecular weight is 422 g/mol. The molecule has 0 radical (unpaired) electrons. The Labute approximate surface area is 168 Å². The Morgan fingerprint density at radius 1 is 1.33 bits per heavy atom. The molecule has 1 fully saturated rings. The number of hydrogen-bond acceptors (Lipinski definition) is 6. The number of amides is 1. The van der Waals surface area contributed by atoms with E-state index in [0.29, 0.717) is 5.65 Å². The molecule has 3 heterocycles. The first-order valence-corrected chi connectivity index (χ1v) is 9.11. The molecule has 8 nitrogen and oxygen atoms in total. The molecule has 3 N–H and O–H groups in total. The van der Waals surface area contributed by atoms with E-state index in [1.807, 2.05) is 0 Å². The Morgan fingerprint density at radius 3 is 2.90 bits per heavy atom. The van der Waals surface area contributed by atoms with Gasteiger partial charge in [-0.25, -0.2) is 23.1 Å². The molecule has 1 aliphatic rings. The maximum Gasteiger partial charge on any atom is 0.275 e. The maximum atomic E-state index is 13.7. The van der Waals surface area contributed by atoms with Gasteiger partial charge in [-0.2, -0.15) is 0 Å². The number of aromatic nitrogens is 3. The molecule has 1 aliphatic carbocycles. The van der Waals surface area contributed by atoms with Crippen LogP contribution >= 0.6 is 0 Å². The lowest BCUT2D eigenvalue weighted by Gasteiger charge is -2.34. The zero-order chi connectivity index (χ0) is 21.5. The number of nitrogens with one attached hydrogen (secondary N) is 1. The van der Waals surface area contributed by atoms with Crippen molar-refractivity contribution in [2.75, 3.05) is 0 Å². The second-order valence-corrected chi connectivity index (χ2v) is 7.01. The summed E-state index contributed by atoms with van der Waals surface area (Å²) in [6.45, 7) is 0. The van der Waals surface area contributed by atoms with Crippen LogP contribution < -0.4 is 10.1 Å². The van der Waals surface area contributed by atoms with Gasteiger partial charge < -0.3 is 24.7 Å². The van der Waals surface area contributed by atoms with Gasteiger partial charge in [0, 0.05) is 18.7 Å². The fourth-order valence-corrected chi connectivity index (χ4v) is 3.30. The van der Waals surface area contributed by atoms with Gasteiger partial charge in [0.1, 0.15) is 29.0 Å². The van der Waals surface area contributed by atoms with Crippen LogP contribution in [0.15, 0.2) is 36.8 Å². The van der Waals surface area contributed by atoms with E-state index in [9.17, 15) is 28.2 Å². The number of fused-ring (bicyclic) bond motifs is 1. The third-order valence-corrected chi connectivity index (χ3v) is 4.83. The zero-order valence-electron chi connectivity index (χ0n) is 15.4. The summed E-state index contributed by atoms with van der Waals surface area (Å²) in [7, 11) is 0. The third-order valence-electron chi connectivity index (χ3n) is 4.83. The second kappa shape index (κ2) is 7.48. The molecule has 1 amide bonds. The number of ether oxygens (including phenoxy) is 1. The lowest BCUT2D eigenvalue weighted by molar-refractivity contribution is -0.141. The van der Waals surface area contributed by atoms with Gasteiger partial charge in [0.25, 0.3) is 17.7 Å². The van der Waals surface area contributed by atoms with Crippen molar-refractivity contribution < 1.29 is 32.9 Å². The normalized spacial score (nSPS) is 20.8. The summed E-state index contributed by atoms with van der Waals surface area (Å²) < 4.78 is 47.2. The summed E-state index contributed by atoms with van der Waals surface area (Å²) >= 11 is 0. The molecule has 0 aliphatic heterocycles. The highest BCUT2D eigenvalue weighted by atomic mass is 19.3. The van der Waals surface area contributed by atoms with E-state index in [1.165, 1.54) is 28.9 Å². The molecule has 0 spiro atoms. The van der Waals surface area contributed by atoms with Crippen molar-refractivity contribution in [3.05, 3.63) is 48.3 Å². The standard InChI is InChI=1S/C19H17F3N4O4/c20-10-6-14(27)18(23-7-10)30-11-3-4-15-24-13(9-26(15)8-11)17(29)25-12-2-1-5-19(21,22)16(12)28/h3-4,6-9,12,16,27-28H,1-2,5H2,(H,25,29)/t12-,16+/m0/s1. The fourth-order valence-electron chi connectivity index (χ4n) is 3.30. The lowest BCUT2D eigenvalue weighted by Crippen LogP contribution is -2.54. The first-order valence-electron chi connectivity index (χ1n) is 9.11. The minimum absolute atomic E-state index is 0.0315. The molecule has 158 valence electrons. The molecule has 11 heteroatoms. The number of hydrogen-bond donors (Lipinski definition) is 3. The molecule has 2 atom stereocenters. The summed E-state index contributed by atoms with van der Waals surface area (Å²) in [5.41, 5.74) is 0.342. The molecule has 0 unspecified atom stereocenters. The zero-order valence-corrected chi connectivity index (χ0v) is 15.4. The van der Waals surface area contributed by atoms with Crippen molar-refractivity contribution in [3.8, 4) is 17.4 Å². The van der Waals surface area contributed by atoms with Crippen LogP contribution in [0.2, 0.25) is 0 Å². The fraction of sp³-hybridized carbons (Fsp3) is 0.316. The third kappa shape index (κ3) is 3.88. The van der Waals surface area contributed by atoms with Crippen molar-refractivity contribution in [1.29, 1.82) is 0 Å². The van der Waals surface area contributed by atoms with Crippen LogP contribution in [-0.2, 0) is 0 Å². The van der Waals surface area contributed by atoms with Crippen molar-refractivity contribution in [3.63, 3.8) is 0 Å². The number of imidazole rings is 1. The number of aliphatic hydroxyl groups is 1. The Morgan fingerprint density at radius 2 is 2.13 bits per heavy atom. The highest BCUT2D eigenvalue weighted by Crippen LogP contribution is 2.34. The van der Waals surface area contributed by atoms with E-state index in [-0.39, 0.29) is 30.2 Å². The van der Waals surface area contributed by atoms with Gasteiger partial charge in [0.05, 0.1) is 18.4 Å². The smallest absolute Gasteiger partial charge is 0.275 e. The number of halogens is 3. The monoisotopic (exact) mass is 422 g/mol. The van der Waals surface area contributed by atoms with Gasteiger partial charge in [-0.1, -0.05) is 0 Å². The van der Waals surface area contributed by atoms with Crippen molar-refractivity contribution in [1.82, 2.24) is 19.7 Å². The second-order valence-electron chi connectivity index (χ2n) is 7.01. The number of pyridine rings is 2. The minimum Gasteiger partial charge on any atom is -0.503 e. The molecule has 4 rings (SSSR count). The highest BCUT2D eigenvalue weighted by Gasteiger charge is 2.46. The van der Waals surface area contributed by atoms with Gasteiger partial charge in [0.2, 0.25) is 0 Å². The Balaban J connectivity index is 1.51. The lowest BCUT2D eigenvalue weighted by atomic mass is 9.89. The van der Waals surface area contributed by atoms with E-state index >= 15 is 0 Å². The Bertz CT molecular complexity index is 1100. The van der Waals surface area contributed by atoms with E-state index in [2.05, 4.69) is 15.3 Å². The number of rotatable bonds is 4. The van der Waals surface area contributed by atoms with E-state index in [4.69, 9.17) is 4.74 Å². The SMILES string of the molecule is O=C(N[C@H]1CCCC(F)(F)[C@@H]1O)c1cn2cc(Oc3ncc(F)cc3O)ccc2n1. The molecule has 1 saturated carbocycles. The summed E-state index contributed by atoms with van der Waals surface area (Å²) in [4.78, 5) is 20.2. The molecular weight excluding hydrogens is 405 g/mol. The van der Waals surface area contributed by atoms with Crippen LogP contribution in [-0.4, -0.2) is 48.6 Å². The van der Waals surface area contributed by atoms with Crippen LogP contribution in [0.4, 0.5) is 13.2 Å². The first kappa shape index (κ1) is 20.0. The largest absolute Gasteiger partial charge is 0.503 e. The van der Waals surface area contributed by atoms with Crippen LogP contribution in [0.3, 0.4) is 0 Å². The Kier molecular flexibility index (Phi) is 4.98. The van der Waals surface area contributed by atoms with Crippen LogP contribution in [0.1, 0.15) is 29.8 Å². The van der Waals surface area contributed by atoms with E-state index < -0.39 is 42.0 Å². The first-order chi connectivity index (χ1) is 14.2. The van der Waals surface area contributed by atoms with Crippen molar-refractivity contribution >= 4 is 11.6 Å². The summed E-state index contributed by atoms with van der Waals surface area (Å²) in [5.74, 6) is -5.13. The number of alkyl halides is 2. The van der Waals surface area contributed by atoms with Gasteiger partial charge in [-0.15, -0.1) is 0 Å². The summed E-state index contributed by atoms with van der Waals surface area (Å²) in [6, 6.07) is 2.80. The topological polar surface area (TPSA) is 109 Å². The molecule has 0 saturated heterocycles.